The van der Waals surface area contributed by atoms with Gasteiger partial charge in [-0.15, -0.1) is 0 Å². The van der Waals surface area contributed by atoms with Crippen LogP contribution in [0.3, 0.4) is 0 Å². The zero-order valence-corrected chi connectivity index (χ0v) is 25.5. The Morgan fingerprint density at radius 1 is 1.11 bits per heavy atom. The third-order valence-corrected chi connectivity index (χ3v) is 8.83. The third kappa shape index (κ3) is 5.69. The number of nitrogens with zero attached hydrogens (tertiary/aromatic N) is 5. The molecule has 0 aliphatic carbocycles. The van der Waals surface area contributed by atoms with Crippen LogP contribution in [-0.2, 0) is 14.6 Å². The fourth-order valence-electron chi connectivity index (χ4n) is 5.37. The molecule has 230 valence electrons. The molecule has 4 aromatic rings. The highest BCUT2D eigenvalue weighted by Crippen LogP contribution is 2.36. The molecule has 1 aliphatic rings. The van der Waals surface area contributed by atoms with E-state index in [0.717, 1.165) is 35.1 Å². The number of hydrogen-bond acceptors (Lipinski definition) is 7. The van der Waals surface area contributed by atoms with Gasteiger partial charge in [0.15, 0.2) is 21.3 Å². The predicted molar refractivity (Wildman–Crippen MR) is 162 cm³/mol. The van der Waals surface area contributed by atoms with E-state index < -0.39 is 45.6 Å². The fourth-order valence-corrected chi connectivity index (χ4v) is 6.55. The molecule has 44 heavy (non-hydrogen) atoms. The van der Waals surface area contributed by atoms with Crippen molar-refractivity contribution < 1.29 is 26.4 Å². The number of halogens is 4. The van der Waals surface area contributed by atoms with Crippen molar-refractivity contribution in [3.05, 3.63) is 87.3 Å². The maximum absolute atomic E-state index is 15.9. The fraction of sp³-hybridized carbons (Fsp3) is 0.267. The van der Waals surface area contributed by atoms with Gasteiger partial charge >= 0.3 is 5.69 Å². The summed E-state index contributed by atoms with van der Waals surface area (Å²) in [5.41, 5.74) is -1.54. The molecular weight excluding hydrogens is 619 g/mol. The lowest BCUT2D eigenvalue weighted by atomic mass is 10.1. The van der Waals surface area contributed by atoms with Crippen molar-refractivity contribution >= 4 is 44.2 Å². The highest BCUT2D eigenvalue weighted by atomic mass is 35.5. The summed E-state index contributed by atoms with van der Waals surface area (Å²) in [5, 5.41) is -0.0761. The first-order chi connectivity index (χ1) is 20.8. The van der Waals surface area contributed by atoms with Crippen molar-refractivity contribution in [3.63, 3.8) is 0 Å². The van der Waals surface area contributed by atoms with Gasteiger partial charge < -0.3 is 9.80 Å². The summed E-state index contributed by atoms with van der Waals surface area (Å²) in [6, 6.07) is 8.89. The first kappa shape index (κ1) is 31.2. The molecule has 0 N–H and O–H groups in total. The van der Waals surface area contributed by atoms with Crippen LogP contribution in [-0.4, -0.2) is 72.4 Å². The lowest BCUT2D eigenvalue weighted by molar-refractivity contribution is -0.126. The van der Waals surface area contributed by atoms with E-state index in [1.807, 2.05) is 0 Å². The Labute approximate surface area is 256 Å². The van der Waals surface area contributed by atoms with Gasteiger partial charge in [0.05, 0.1) is 26.6 Å². The Kier molecular flexibility index (Phi) is 8.54. The number of amides is 1. The predicted octanol–water partition coefficient (Wildman–Crippen LogP) is 4.65. The second-order valence-electron chi connectivity index (χ2n) is 10.4. The molecule has 0 unspecified atom stereocenters. The molecule has 9 nitrogen and oxygen atoms in total. The van der Waals surface area contributed by atoms with Crippen LogP contribution in [0.25, 0.3) is 28.0 Å². The van der Waals surface area contributed by atoms with Gasteiger partial charge in [0.1, 0.15) is 24.0 Å². The number of allylic oxidation sites excluding steroid dienone is 1. The lowest BCUT2D eigenvalue weighted by Gasteiger charge is -2.40. The second kappa shape index (κ2) is 12.0. The Hall–Kier alpha value is -4.23. The van der Waals surface area contributed by atoms with Crippen LogP contribution >= 0.6 is 11.6 Å². The zero-order chi connectivity index (χ0) is 31.9. The number of rotatable bonds is 6. The van der Waals surface area contributed by atoms with Crippen LogP contribution in [0.15, 0.2) is 64.3 Å². The molecular formula is C30H27ClF3N5O4S. The number of para-hydroxylation sites is 1. The number of carbonyl (C=O) groups is 1. The van der Waals surface area contributed by atoms with Gasteiger partial charge in [-0.25, -0.2) is 35.9 Å². The summed E-state index contributed by atoms with van der Waals surface area (Å²) in [5.74, 6) is -2.14. The lowest BCUT2D eigenvalue weighted by Crippen LogP contribution is -2.54. The SMILES string of the molecule is Cc1cccc(S(C)(=O)=O)c1-n1c(=O)nc(N2CCN(C(=O)/C=C/CF)C[C@@H]2C)c2cc(F)c(-c3c(F)cccc3Cl)nc21. The number of piperazine rings is 1. The quantitative estimate of drug-likeness (QED) is 0.281. The number of hydrogen-bond donors (Lipinski definition) is 0. The first-order valence-corrected chi connectivity index (χ1v) is 15.8. The van der Waals surface area contributed by atoms with Gasteiger partial charge in [-0.3, -0.25) is 4.79 Å². The van der Waals surface area contributed by atoms with E-state index in [2.05, 4.69) is 9.97 Å². The maximum atomic E-state index is 15.9. The molecule has 1 fully saturated rings. The molecule has 1 atom stereocenters. The second-order valence-corrected chi connectivity index (χ2v) is 12.8. The van der Waals surface area contributed by atoms with Gasteiger partial charge in [-0.05, 0) is 49.8 Å². The normalized spacial score (nSPS) is 15.8. The molecule has 3 heterocycles. The minimum atomic E-state index is -3.88. The standard InChI is InChI=1S/C30H27ClF3N5O4S/c1-17-7-4-10-23(44(3,42)43)27(17)39-29-19(15-22(34)26(35-29)25-20(31)8-5-9-21(25)33)28(36-30(39)41)38-14-13-37(16-18(38)2)24(40)11-6-12-32/h4-11,15,18H,12-14,16H2,1-3H3/b11-6+/t18-/m0/s1. The van der Waals surface area contributed by atoms with Crippen LogP contribution in [0.5, 0.6) is 0 Å². The highest BCUT2D eigenvalue weighted by molar-refractivity contribution is 7.90. The number of sulfone groups is 1. The minimum Gasteiger partial charge on any atom is -0.350 e. The van der Waals surface area contributed by atoms with Gasteiger partial charge in [-0.2, -0.15) is 4.98 Å². The molecule has 2 aromatic heterocycles. The molecule has 0 spiro atoms. The number of anilines is 1. The van der Waals surface area contributed by atoms with E-state index in [1.165, 1.54) is 29.2 Å². The van der Waals surface area contributed by atoms with Gasteiger partial charge in [0.25, 0.3) is 0 Å². The topological polar surface area (TPSA) is 105 Å². The number of aryl methyl sites for hydroxylation is 1. The zero-order valence-electron chi connectivity index (χ0n) is 23.9. The number of carbonyl (C=O) groups excluding carboxylic acids is 1. The largest absolute Gasteiger partial charge is 0.355 e. The molecule has 2 aromatic carbocycles. The van der Waals surface area contributed by atoms with Crippen LogP contribution in [0, 0.1) is 18.6 Å². The Morgan fingerprint density at radius 3 is 2.50 bits per heavy atom. The molecule has 1 amide bonds. The minimum absolute atomic E-state index is 0.0307. The summed E-state index contributed by atoms with van der Waals surface area (Å²) in [7, 11) is -3.88. The van der Waals surface area contributed by atoms with E-state index in [4.69, 9.17) is 11.6 Å². The van der Waals surface area contributed by atoms with Crippen LogP contribution in [0.2, 0.25) is 5.02 Å². The number of benzene rings is 2. The molecule has 5 rings (SSSR count). The van der Waals surface area contributed by atoms with Crippen molar-refractivity contribution in [2.24, 2.45) is 0 Å². The van der Waals surface area contributed by atoms with Gasteiger partial charge in [0, 0.05) is 38.0 Å². The van der Waals surface area contributed by atoms with Crippen molar-refractivity contribution in [2.75, 3.05) is 37.5 Å². The summed E-state index contributed by atoms with van der Waals surface area (Å²) in [4.78, 5) is 38.1. The van der Waals surface area contributed by atoms with Crippen molar-refractivity contribution in [2.45, 2.75) is 24.8 Å². The number of aromatic nitrogens is 3. The van der Waals surface area contributed by atoms with Crippen LogP contribution in [0.1, 0.15) is 12.5 Å². The van der Waals surface area contributed by atoms with E-state index in [1.54, 1.807) is 24.8 Å². The van der Waals surface area contributed by atoms with Crippen molar-refractivity contribution in [1.29, 1.82) is 0 Å². The number of fused-ring (bicyclic) bond motifs is 1. The van der Waals surface area contributed by atoms with Crippen molar-refractivity contribution in [3.8, 4) is 16.9 Å². The van der Waals surface area contributed by atoms with E-state index >= 15 is 4.39 Å². The van der Waals surface area contributed by atoms with Gasteiger partial charge in [0.2, 0.25) is 5.91 Å². The van der Waals surface area contributed by atoms with Gasteiger partial charge in [-0.1, -0.05) is 29.8 Å². The van der Waals surface area contributed by atoms with E-state index in [-0.39, 0.29) is 63.6 Å². The number of alkyl halides is 1. The molecule has 0 radical (unpaired) electrons. The summed E-state index contributed by atoms with van der Waals surface area (Å²) in [6.45, 7) is 3.16. The molecule has 14 heteroatoms. The highest BCUT2D eigenvalue weighted by Gasteiger charge is 2.31. The van der Waals surface area contributed by atoms with E-state index in [0.29, 0.717) is 5.56 Å². The van der Waals surface area contributed by atoms with Crippen LogP contribution < -0.4 is 10.6 Å². The Morgan fingerprint density at radius 2 is 1.84 bits per heavy atom. The van der Waals surface area contributed by atoms with Crippen LogP contribution in [0.4, 0.5) is 19.0 Å². The number of pyridine rings is 1. The summed E-state index contributed by atoms with van der Waals surface area (Å²) in [6.07, 6.45) is 3.24. The maximum Gasteiger partial charge on any atom is 0.355 e. The van der Waals surface area contributed by atoms with E-state index in [9.17, 15) is 26.8 Å². The monoisotopic (exact) mass is 645 g/mol. The third-order valence-electron chi connectivity index (χ3n) is 7.39. The van der Waals surface area contributed by atoms with Crippen molar-refractivity contribution in [1.82, 2.24) is 19.4 Å². The molecule has 0 bridgehead atoms. The average Bonchev–Trinajstić information content (AvgIpc) is 2.96. The summed E-state index contributed by atoms with van der Waals surface area (Å²) >= 11 is 6.26. The Balaban J connectivity index is 1.80. The first-order valence-electron chi connectivity index (χ1n) is 13.5. The average molecular weight is 646 g/mol. The smallest absolute Gasteiger partial charge is 0.350 e. The molecule has 1 saturated heterocycles. The summed E-state index contributed by atoms with van der Waals surface area (Å²) < 4.78 is 70.0. The molecule has 0 saturated carbocycles. The Bertz CT molecular complexity index is 1980. The molecule has 1 aliphatic heterocycles.